The number of nitrogens with zero attached hydrogens (tertiary/aromatic N) is 1. The van der Waals surface area contributed by atoms with Gasteiger partial charge in [-0.25, -0.2) is 9.82 Å². The van der Waals surface area contributed by atoms with Gasteiger partial charge < -0.3 is 14.8 Å². The summed E-state index contributed by atoms with van der Waals surface area (Å²) in [7, 11) is 1.51. The number of benzene rings is 3. The smallest absolute Gasteiger partial charge is 0.329 e. The van der Waals surface area contributed by atoms with Gasteiger partial charge >= 0.3 is 11.8 Å². The van der Waals surface area contributed by atoms with Crippen LogP contribution in [0.3, 0.4) is 0 Å². The lowest BCUT2D eigenvalue weighted by molar-refractivity contribution is -0.136. The van der Waals surface area contributed by atoms with Crippen LogP contribution in [0.1, 0.15) is 11.1 Å². The minimum absolute atomic E-state index is 0.280. The first-order valence-electron chi connectivity index (χ1n) is 9.29. The highest BCUT2D eigenvalue weighted by Crippen LogP contribution is 2.17. The molecule has 31 heavy (non-hydrogen) atoms. The first-order valence-corrected chi connectivity index (χ1v) is 9.29. The molecule has 0 atom stereocenters. The molecule has 0 aliphatic heterocycles. The van der Waals surface area contributed by atoms with E-state index in [4.69, 9.17) is 9.47 Å². The first-order chi connectivity index (χ1) is 15.0. The number of hydrogen-bond acceptors (Lipinski definition) is 5. The van der Waals surface area contributed by atoms with Crippen molar-refractivity contribution < 1.29 is 23.5 Å². The van der Waals surface area contributed by atoms with Crippen molar-refractivity contribution in [2.45, 2.75) is 6.61 Å². The van der Waals surface area contributed by atoms with Crippen LogP contribution in [0.2, 0.25) is 0 Å². The van der Waals surface area contributed by atoms with Crippen molar-refractivity contribution in [3.05, 3.63) is 89.7 Å². The number of halogens is 1. The van der Waals surface area contributed by atoms with Crippen LogP contribution in [0.25, 0.3) is 0 Å². The van der Waals surface area contributed by atoms with Gasteiger partial charge in [0, 0.05) is 11.8 Å². The minimum Gasteiger partial charge on any atom is -0.497 e. The highest BCUT2D eigenvalue weighted by atomic mass is 19.1. The fourth-order valence-electron chi connectivity index (χ4n) is 2.54. The molecular weight excluding hydrogens is 401 g/mol. The van der Waals surface area contributed by atoms with Crippen LogP contribution in [0.4, 0.5) is 10.1 Å². The molecule has 0 bridgehead atoms. The van der Waals surface area contributed by atoms with E-state index < -0.39 is 11.8 Å². The highest BCUT2D eigenvalue weighted by molar-refractivity contribution is 6.39. The van der Waals surface area contributed by atoms with Gasteiger partial charge in [-0.3, -0.25) is 9.59 Å². The predicted molar refractivity (Wildman–Crippen MR) is 115 cm³/mol. The quantitative estimate of drug-likeness (QED) is 0.347. The Kier molecular flexibility index (Phi) is 7.31. The highest BCUT2D eigenvalue weighted by Gasteiger charge is 2.13. The molecule has 0 heterocycles. The zero-order valence-corrected chi connectivity index (χ0v) is 16.7. The lowest BCUT2D eigenvalue weighted by atomic mass is 10.2. The normalized spacial score (nSPS) is 10.5. The molecule has 0 radical (unpaired) electrons. The second-order valence-corrected chi connectivity index (χ2v) is 6.37. The van der Waals surface area contributed by atoms with Gasteiger partial charge in [-0.1, -0.05) is 30.3 Å². The zero-order valence-electron chi connectivity index (χ0n) is 16.7. The summed E-state index contributed by atoms with van der Waals surface area (Å²) in [5.74, 6) is -0.945. The predicted octanol–water partition coefficient (Wildman–Crippen LogP) is 3.50. The van der Waals surface area contributed by atoms with E-state index in [-0.39, 0.29) is 12.4 Å². The lowest BCUT2D eigenvalue weighted by Crippen LogP contribution is -2.32. The number of hydrogen-bond donors (Lipinski definition) is 2. The van der Waals surface area contributed by atoms with Crippen LogP contribution in [0.5, 0.6) is 11.5 Å². The number of carbonyl (C=O) groups is 2. The number of hydrazone groups is 1. The topological polar surface area (TPSA) is 89.0 Å². The summed E-state index contributed by atoms with van der Waals surface area (Å²) < 4.78 is 23.7. The fraction of sp³-hybridized carbons (Fsp3) is 0.0870. The molecule has 7 nitrogen and oxygen atoms in total. The number of methoxy groups -OCH3 is 1. The van der Waals surface area contributed by atoms with Crippen LogP contribution in [0, 0.1) is 5.82 Å². The van der Waals surface area contributed by atoms with Crippen molar-refractivity contribution in [3.63, 3.8) is 0 Å². The maximum Gasteiger partial charge on any atom is 0.329 e. The van der Waals surface area contributed by atoms with Gasteiger partial charge in [0.2, 0.25) is 0 Å². The van der Waals surface area contributed by atoms with Gasteiger partial charge in [0.1, 0.15) is 23.9 Å². The Bertz CT molecular complexity index is 1080. The molecule has 0 spiro atoms. The van der Waals surface area contributed by atoms with Crippen molar-refractivity contribution in [1.82, 2.24) is 5.43 Å². The van der Waals surface area contributed by atoms with Crippen molar-refractivity contribution in [2.75, 3.05) is 12.4 Å². The molecule has 0 unspecified atom stereocenters. The molecule has 2 N–H and O–H groups in total. The molecule has 0 aromatic heterocycles. The summed E-state index contributed by atoms with van der Waals surface area (Å²) in [6.45, 7) is 0.280. The maximum atomic E-state index is 13.0. The average molecular weight is 421 g/mol. The van der Waals surface area contributed by atoms with Crippen molar-refractivity contribution in [3.8, 4) is 11.5 Å². The molecule has 3 aromatic rings. The largest absolute Gasteiger partial charge is 0.497 e. The SMILES string of the molecule is COc1cccc(NC(=O)C(=O)N/N=C\c2cccc(OCc3ccc(F)cc3)c2)c1. The van der Waals surface area contributed by atoms with E-state index in [1.165, 1.54) is 25.5 Å². The molecule has 0 aliphatic carbocycles. The van der Waals surface area contributed by atoms with Gasteiger partial charge in [-0.2, -0.15) is 5.10 Å². The van der Waals surface area contributed by atoms with E-state index >= 15 is 0 Å². The number of rotatable bonds is 7. The van der Waals surface area contributed by atoms with Crippen molar-refractivity contribution in [2.24, 2.45) is 5.10 Å². The van der Waals surface area contributed by atoms with Gasteiger partial charge in [0.25, 0.3) is 0 Å². The number of carbonyl (C=O) groups excluding carboxylic acids is 2. The van der Waals surface area contributed by atoms with E-state index in [1.54, 1.807) is 60.7 Å². The van der Waals surface area contributed by atoms with E-state index in [0.29, 0.717) is 22.7 Å². The van der Waals surface area contributed by atoms with Crippen LogP contribution >= 0.6 is 0 Å². The molecule has 3 aromatic carbocycles. The molecule has 3 rings (SSSR count). The van der Waals surface area contributed by atoms with Gasteiger partial charge in [-0.15, -0.1) is 0 Å². The van der Waals surface area contributed by atoms with Gasteiger partial charge in [0.05, 0.1) is 13.3 Å². The minimum atomic E-state index is -0.914. The van der Waals surface area contributed by atoms with E-state index in [2.05, 4.69) is 15.8 Å². The second kappa shape index (κ2) is 10.5. The van der Waals surface area contributed by atoms with Gasteiger partial charge in [0.15, 0.2) is 0 Å². The summed E-state index contributed by atoms with van der Waals surface area (Å²) in [4.78, 5) is 23.9. The average Bonchev–Trinajstić information content (AvgIpc) is 2.79. The Morgan fingerprint density at radius 1 is 0.968 bits per heavy atom. The molecule has 158 valence electrons. The molecule has 0 saturated heterocycles. The van der Waals surface area contributed by atoms with Crippen LogP contribution in [0.15, 0.2) is 77.9 Å². The second-order valence-electron chi connectivity index (χ2n) is 6.37. The third-order valence-electron chi connectivity index (χ3n) is 4.09. The first kappa shape index (κ1) is 21.5. The maximum absolute atomic E-state index is 13.0. The van der Waals surface area contributed by atoms with Crippen LogP contribution in [-0.2, 0) is 16.2 Å². The third-order valence-corrected chi connectivity index (χ3v) is 4.09. The lowest BCUT2D eigenvalue weighted by Gasteiger charge is -2.07. The van der Waals surface area contributed by atoms with E-state index in [1.807, 2.05) is 0 Å². The Balaban J connectivity index is 1.51. The molecule has 2 amide bonds. The zero-order chi connectivity index (χ0) is 22.1. The molecule has 8 heteroatoms. The number of anilines is 1. The Morgan fingerprint density at radius 3 is 2.48 bits per heavy atom. The number of nitrogens with one attached hydrogen (secondary N) is 2. The Morgan fingerprint density at radius 2 is 1.71 bits per heavy atom. The summed E-state index contributed by atoms with van der Waals surface area (Å²) in [5, 5.41) is 6.26. The molecule has 0 fully saturated rings. The summed E-state index contributed by atoms with van der Waals surface area (Å²) in [6, 6.07) is 19.7. The van der Waals surface area contributed by atoms with Crippen LogP contribution < -0.4 is 20.2 Å². The fourth-order valence-corrected chi connectivity index (χ4v) is 2.54. The van der Waals surface area contributed by atoms with Gasteiger partial charge in [-0.05, 0) is 47.5 Å². The summed E-state index contributed by atoms with van der Waals surface area (Å²) in [6.07, 6.45) is 1.39. The summed E-state index contributed by atoms with van der Waals surface area (Å²) in [5.41, 5.74) is 4.08. The summed E-state index contributed by atoms with van der Waals surface area (Å²) >= 11 is 0. The molecule has 0 aliphatic rings. The molecular formula is C23H20FN3O4. The Labute approximate surface area is 178 Å². The monoisotopic (exact) mass is 421 g/mol. The molecule has 0 saturated carbocycles. The van der Waals surface area contributed by atoms with E-state index in [0.717, 1.165) is 5.56 Å². The van der Waals surface area contributed by atoms with Crippen LogP contribution in [-0.4, -0.2) is 25.1 Å². The Hall–Kier alpha value is -4.20. The number of amides is 2. The van der Waals surface area contributed by atoms with Crippen molar-refractivity contribution in [1.29, 1.82) is 0 Å². The standard InChI is InChI=1S/C23H20FN3O4/c1-30-20-6-3-5-19(13-20)26-22(28)23(29)27-25-14-17-4-2-7-21(12-17)31-15-16-8-10-18(24)11-9-16/h2-14H,15H2,1H3,(H,26,28)(H,27,29)/b25-14-. The van der Waals surface area contributed by atoms with Crippen molar-refractivity contribution >= 4 is 23.7 Å². The third kappa shape index (κ3) is 6.67. The van der Waals surface area contributed by atoms with E-state index in [9.17, 15) is 14.0 Å². The number of ether oxygens (including phenoxy) is 2.